The number of rotatable bonds is 8. The maximum Gasteiger partial charge on any atom is 0.116 e. The van der Waals surface area contributed by atoms with Crippen molar-refractivity contribution in [3.8, 4) is 11.5 Å². The molecule has 6 rings (SSSR count). The van der Waals surface area contributed by atoms with Gasteiger partial charge in [0.1, 0.15) is 11.5 Å². The van der Waals surface area contributed by atoms with Gasteiger partial charge in [0.15, 0.2) is 0 Å². The Morgan fingerprint density at radius 1 is 0.535 bits per heavy atom. The van der Waals surface area contributed by atoms with Crippen molar-refractivity contribution in [2.45, 2.75) is 108 Å². The van der Waals surface area contributed by atoms with Gasteiger partial charge in [0.2, 0.25) is 0 Å². The summed E-state index contributed by atoms with van der Waals surface area (Å²) in [5.74, 6) is 2.05. The highest BCUT2D eigenvalue weighted by atomic mass is 16.3. The van der Waals surface area contributed by atoms with Gasteiger partial charge in [-0.25, -0.2) is 0 Å². The van der Waals surface area contributed by atoms with E-state index in [1.54, 1.807) is 0 Å². The van der Waals surface area contributed by atoms with Crippen LogP contribution >= 0.6 is 0 Å². The molecule has 4 aromatic rings. The molecule has 0 amide bonds. The van der Waals surface area contributed by atoms with Gasteiger partial charge >= 0.3 is 0 Å². The van der Waals surface area contributed by atoms with Crippen molar-refractivity contribution in [2.24, 2.45) is 0 Å². The third-order valence-electron chi connectivity index (χ3n) is 10.6. The molecule has 2 unspecified atom stereocenters. The van der Waals surface area contributed by atoms with E-state index in [0.29, 0.717) is 23.3 Å². The van der Waals surface area contributed by atoms with Crippen LogP contribution in [0.5, 0.6) is 11.5 Å². The van der Waals surface area contributed by atoms with Crippen LogP contribution in [0.1, 0.15) is 146 Å². The van der Waals surface area contributed by atoms with E-state index in [-0.39, 0.29) is 11.8 Å². The van der Waals surface area contributed by atoms with Crippen LogP contribution in [-0.2, 0) is 6.42 Å². The van der Waals surface area contributed by atoms with Crippen molar-refractivity contribution < 1.29 is 10.2 Å². The Hall–Kier alpha value is -3.52. The first-order valence-electron chi connectivity index (χ1n) is 16.8. The SMILES string of the molecule is CC(c1ccccc1)c1cc(O)cc(C2CCCCC2)c1Cc1c(C2CCCCC2)cc(O)cc1C(C)c1ccccc1. The lowest BCUT2D eigenvalue weighted by Crippen LogP contribution is -2.15. The monoisotopic (exact) mass is 572 g/mol. The highest BCUT2D eigenvalue weighted by Gasteiger charge is 2.28. The number of phenolic OH excluding ortho intramolecular Hbond substituents is 2. The van der Waals surface area contributed by atoms with E-state index in [0.717, 1.165) is 6.42 Å². The van der Waals surface area contributed by atoms with Crippen LogP contribution in [0.15, 0.2) is 84.9 Å². The van der Waals surface area contributed by atoms with Crippen molar-refractivity contribution in [1.29, 1.82) is 0 Å². The molecule has 2 aliphatic carbocycles. The Bertz CT molecular complexity index is 1380. The molecule has 0 heterocycles. The number of phenols is 2. The maximum absolute atomic E-state index is 11.2. The van der Waals surface area contributed by atoms with Crippen LogP contribution in [0.25, 0.3) is 0 Å². The van der Waals surface area contributed by atoms with E-state index in [9.17, 15) is 10.2 Å². The summed E-state index contributed by atoms with van der Waals surface area (Å²) in [4.78, 5) is 0. The fourth-order valence-corrected chi connectivity index (χ4v) is 8.16. The molecule has 0 aromatic heterocycles. The van der Waals surface area contributed by atoms with Crippen molar-refractivity contribution in [3.05, 3.63) is 129 Å². The summed E-state index contributed by atoms with van der Waals surface area (Å²) in [5.41, 5.74) is 10.5. The molecule has 2 nitrogen and oxygen atoms in total. The van der Waals surface area contributed by atoms with Gasteiger partial charge in [0.05, 0.1) is 0 Å². The summed E-state index contributed by atoms with van der Waals surface area (Å²) in [6.07, 6.45) is 13.2. The second-order valence-electron chi connectivity index (χ2n) is 13.3. The quantitative estimate of drug-likeness (QED) is 0.220. The van der Waals surface area contributed by atoms with Crippen molar-refractivity contribution in [1.82, 2.24) is 0 Å². The topological polar surface area (TPSA) is 40.5 Å². The summed E-state index contributed by atoms with van der Waals surface area (Å²) in [6.45, 7) is 4.59. The maximum atomic E-state index is 11.2. The minimum Gasteiger partial charge on any atom is -0.508 e. The van der Waals surface area contributed by atoms with Crippen LogP contribution in [0, 0.1) is 0 Å². The molecule has 2 fully saturated rings. The van der Waals surface area contributed by atoms with Crippen LogP contribution in [0.3, 0.4) is 0 Å². The first kappa shape index (κ1) is 29.5. The molecule has 0 spiro atoms. The number of benzene rings is 4. The summed E-state index contributed by atoms with van der Waals surface area (Å²) in [6, 6.07) is 29.8. The van der Waals surface area contributed by atoms with Crippen molar-refractivity contribution in [2.75, 3.05) is 0 Å². The molecule has 0 aliphatic heterocycles. The predicted molar refractivity (Wildman–Crippen MR) is 179 cm³/mol. The lowest BCUT2D eigenvalue weighted by Gasteiger charge is -2.31. The first-order chi connectivity index (χ1) is 21.0. The molecule has 2 atom stereocenters. The third-order valence-corrected chi connectivity index (χ3v) is 10.6. The van der Waals surface area contributed by atoms with Crippen LogP contribution < -0.4 is 0 Å². The Morgan fingerprint density at radius 3 is 1.28 bits per heavy atom. The number of hydrogen-bond acceptors (Lipinski definition) is 2. The van der Waals surface area contributed by atoms with Gasteiger partial charge in [-0.3, -0.25) is 0 Å². The van der Waals surface area contributed by atoms with E-state index in [1.165, 1.54) is 109 Å². The lowest BCUT2D eigenvalue weighted by molar-refractivity contribution is 0.433. The normalized spacial score (nSPS) is 17.9. The van der Waals surface area contributed by atoms with E-state index in [2.05, 4.69) is 86.6 Å². The largest absolute Gasteiger partial charge is 0.508 e. The van der Waals surface area contributed by atoms with Gasteiger partial charge in [0, 0.05) is 11.8 Å². The van der Waals surface area contributed by atoms with Gasteiger partial charge in [-0.2, -0.15) is 0 Å². The Labute approximate surface area is 258 Å². The highest BCUT2D eigenvalue weighted by Crippen LogP contribution is 2.45. The average molecular weight is 573 g/mol. The standard InChI is InChI=1S/C41H48O2/c1-28(30-15-7-3-8-16-30)36-23-34(42)25-38(32-19-11-5-12-20-32)40(36)27-41-37(29(2)31-17-9-4-10-18-31)24-35(43)26-39(41)33-21-13-6-14-22-33/h3-4,7-10,15-18,23-26,28-29,32-33,42-43H,5-6,11-14,19-22,27H2,1-2H3. The Kier molecular flexibility index (Phi) is 9.22. The first-order valence-corrected chi connectivity index (χ1v) is 16.8. The lowest BCUT2D eigenvalue weighted by atomic mass is 9.73. The average Bonchev–Trinajstić information content (AvgIpc) is 3.06. The summed E-state index contributed by atoms with van der Waals surface area (Å²) in [7, 11) is 0. The van der Waals surface area contributed by atoms with Crippen LogP contribution in [0.4, 0.5) is 0 Å². The molecule has 2 aliphatic rings. The van der Waals surface area contributed by atoms with Gasteiger partial charge in [-0.1, -0.05) is 113 Å². The number of aromatic hydroxyl groups is 2. The summed E-state index contributed by atoms with van der Waals surface area (Å²) < 4.78 is 0. The van der Waals surface area contributed by atoms with E-state index < -0.39 is 0 Å². The molecule has 0 saturated heterocycles. The third kappa shape index (κ3) is 6.54. The minimum atomic E-state index is 0.163. The number of hydrogen-bond donors (Lipinski definition) is 2. The molecule has 0 bridgehead atoms. The Balaban J connectivity index is 1.55. The zero-order valence-corrected chi connectivity index (χ0v) is 26.1. The highest BCUT2D eigenvalue weighted by molar-refractivity contribution is 5.55. The fourth-order valence-electron chi connectivity index (χ4n) is 8.16. The molecule has 224 valence electrons. The second-order valence-corrected chi connectivity index (χ2v) is 13.3. The minimum absolute atomic E-state index is 0.163. The summed E-state index contributed by atoms with van der Waals surface area (Å²) >= 11 is 0. The fraction of sp³-hybridized carbons (Fsp3) is 0.415. The Morgan fingerprint density at radius 2 is 0.907 bits per heavy atom. The van der Waals surface area contributed by atoms with Gasteiger partial charge in [-0.05, 0) is 113 Å². The molecule has 43 heavy (non-hydrogen) atoms. The molecular weight excluding hydrogens is 524 g/mol. The molecule has 2 heteroatoms. The summed E-state index contributed by atoms with van der Waals surface area (Å²) in [5, 5.41) is 22.3. The van der Waals surface area contributed by atoms with Gasteiger partial charge in [0.25, 0.3) is 0 Å². The van der Waals surface area contributed by atoms with E-state index in [4.69, 9.17) is 0 Å². The molecule has 4 aromatic carbocycles. The van der Waals surface area contributed by atoms with E-state index >= 15 is 0 Å². The predicted octanol–water partition coefficient (Wildman–Crippen LogP) is 11.1. The molecule has 0 radical (unpaired) electrons. The second kappa shape index (κ2) is 13.4. The zero-order chi connectivity index (χ0) is 29.8. The molecule has 2 N–H and O–H groups in total. The zero-order valence-electron chi connectivity index (χ0n) is 26.1. The van der Waals surface area contributed by atoms with Crippen LogP contribution in [-0.4, -0.2) is 10.2 Å². The molecular formula is C41H48O2. The van der Waals surface area contributed by atoms with Gasteiger partial charge in [-0.15, -0.1) is 0 Å². The molecule has 2 saturated carbocycles. The smallest absolute Gasteiger partial charge is 0.116 e. The van der Waals surface area contributed by atoms with Crippen molar-refractivity contribution in [3.63, 3.8) is 0 Å². The van der Waals surface area contributed by atoms with E-state index in [1.807, 2.05) is 12.1 Å². The van der Waals surface area contributed by atoms with Crippen molar-refractivity contribution >= 4 is 0 Å². The van der Waals surface area contributed by atoms with Crippen LogP contribution in [0.2, 0.25) is 0 Å². The van der Waals surface area contributed by atoms with Gasteiger partial charge < -0.3 is 10.2 Å².